The molecule has 0 radical (unpaired) electrons. The number of fused-ring (bicyclic) bond motifs is 1. The van der Waals surface area contributed by atoms with Crippen molar-refractivity contribution in [2.75, 3.05) is 11.9 Å². The van der Waals surface area contributed by atoms with E-state index in [2.05, 4.69) is 38.3 Å². The van der Waals surface area contributed by atoms with Crippen LogP contribution in [-0.4, -0.2) is 53.0 Å². The van der Waals surface area contributed by atoms with Gasteiger partial charge in [-0.15, -0.1) is 0 Å². The standard InChI is InChI=1S/C35H42ClN3O4/c1-20(2)24-10-14-26(15-11-24)37-32(40)29-28-16-18-35(43-28)30(29)34(42)39(19-17-23-8-12-25(36)13-9-23)31(35)33(41)38-27-7-5-6-21(3)22(27)4/h8-16,18,20-22,27-31H,5-7,17,19H2,1-4H3,(H,37,40)(H,38,41). The van der Waals surface area contributed by atoms with Crippen LogP contribution in [0.4, 0.5) is 5.69 Å². The van der Waals surface area contributed by atoms with Crippen molar-refractivity contribution in [3.8, 4) is 0 Å². The van der Waals surface area contributed by atoms with E-state index in [0.29, 0.717) is 41.4 Å². The molecule has 0 aromatic heterocycles. The molecule has 3 heterocycles. The van der Waals surface area contributed by atoms with Gasteiger partial charge in [-0.2, -0.15) is 0 Å². The van der Waals surface area contributed by atoms with Crippen LogP contribution in [0.3, 0.4) is 0 Å². The summed E-state index contributed by atoms with van der Waals surface area (Å²) in [4.78, 5) is 44.0. The van der Waals surface area contributed by atoms with Crippen LogP contribution in [0.25, 0.3) is 0 Å². The maximum absolute atomic E-state index is 14.3. The van der Waals surface area contributed by atoms with Gasteiger partial charge in [0, 0.05) is 23.3 Å². The van der Waals surface area contributed by atoms with Crippen molar-refractivity contribution >= 4 is 35.0 Å². The number of anilines is 1. The van der Waals surface area contributed by atoms with Crippen LogP contribution < -0.4 is 10.6 Å². The summed E-state index contributed by atoms with van der Waals surface area (Å²) in [7, 11) is 0. The Morgan fingerprint density at radius 1 is 1.05 bits per heavy atom. The van der Waals surface area contributed by atoms with Crippen molar-refractivity contribution in [2.24, 2.45) is 23.7 Å². The number of carbonyl (C=O) groups is 3. The molecule has 4 aliphatic rings. The van der Waals surface area contributed by atoms with E-state index >= 15 is 0 Å². The van der Waals surface area contributed by atoms with Crippen molar-refractivity contribution in [3.63, 3.8) is 0 Å². The van der Waals surface area contributed by atoms with E-state index in [-0.39, 0.29) is 23.8 Å². The van der Waals surface area contributed by atoms with Crippen molar-refractivity contribution in [2.45, 2.75) is 83.1 Å². The SMILES string of the molecule is CC(C)c1ccc(NC(=O)C2C3C=CC4(O3)C2C(=O)N(CCc2ccc(Cl)cc2)C4C(=O)NC2CCCC(C)C2C)cc1. The number of nitrogens with zero attached hydrogens (tertiary/aromatic N) is 1. The van der Waals surface area contributed by atoms with Crippen molar-refractivity contribution in [3.05, 3.63) is 76.8 Å². The van der Waals surface area contributed by atoms with Crippen molar-refractivity contribution < 1.29 is 19.1 Å². The maximum Gasteiger partial charge on any atom is 0.246 e. The van der Waals surface area contributed by atoms with Gasteiger partial charge in [-0.05, 0) is 66.0 Å². The first-order valence-corrected chi connectivity index (χ1v) is 16.1. The Balaban J connectivity index is 1.28. The summed E-state index contributed by atoms with van der Waals surface area (Å²) in [5.74, 6) is -0.950. The number of hydrogen-bond acceptors (Lipinski definition) is 4. The zero-order valence-corrected chi connectivity index (χ0v) is 26.1. The Labute approximate surface area is 259 Å². The lowest BCUT2D eigenvalue weighted by Gasteiger charge is -2.38. The lowest BCUT2D eigenvalue weighted by Crippen LogP contribution is -2.58. The smallest absolute Gasteiger partial charge is 0.246 e. The minimum absolute atomic E-state index is 0.0374. The molecule has 2 aromatic rings. The number of hydrogen-bond donors (Lipinski definition) is 2. The molecule has 1 saturated carbocycles. The van der Waals surface area contributed by atoms with E-state index in [0.717, 1.165) is 24.8 Å². The molecule has 2 N–H and O–H groups in total. The van der Waals surface area contributed by atoms with Crippen LogP contribution in [-0.2, 0) is 25.5 Å². The molecule has 2 aromatic carbocycles. The number of likely N-dealkylation sites (tertiary alicyclic amines) is 1. The minimum Gasteiger partial charge on any atom is -0.359 e. The third kappa shape index (κ3) is 5.40. The molecule has 3 aliphatic heterocycles. The van der Waals surface area contributed by atoms with Gasteiger partial charge >= 0.3 is 0 Å². The molecule has 7 nitrogen and oxygen atoms in total. The molecule has 3 fully saturated rings. The van der Waals surface area contributed by atoms with Gasteiger partial charge in [0.1, 0.15) is 11.6 Å². The van der Waals surface area contributed by atoms with Crippen molar-refractivity contribution in [1.82, 2.24) is 10.2 Å². The average Bonchev–Trinajstić information content (AvgIpc) is 3.62. The van der Waals surface area contributed by atoms with E-state index in [1.54, 1.807) is 4.90 Å². The predicted molar refractivity (Wildman–Crippen MR) is 168 cm³/mol. The molecule has 1 spiro atoms. The Hall–Kier alpha value is -3.16. The molecule has 228 valence electrons. The fourth-order valence-electron chi connectivity index (χ4n) is 7.63. The molecule has 8 heteroatoms. The second-order valence-electron chi connectivity index (χ2n) is 13.3. The Kier molecular flexibility index (Phi) is 8.16. The Bertz CT molecular complexity index is 1410. The summed E-state index contributed by atoms with van der Waals surface area (Å²) in [5.41, 5.74) is 1.69. The van der Waals surface area contributed by atoms with Crippen LogP contribution in [0, 0.1) is 23.7 Å². The topological polar surface area (TPSA) is 87.7 Å². The quantitative estimate of drug-likeness (QED) is 0.377. The second-order valence-corrected chi connectivity index (χ2v) is 13.7. The summed E-state index contributed by atoms with van der Waals surface area (Å²) >= 11 is 6.09. The number of nitrogens with one attached hydrogen (secondary N) is 2. The zero-order chi connectivity index (χ0) is 30.5. The number of carbonyl (C=O) groups excluding carboxylic acids is 3. The van der Waals surface area contributed by atoms with Gasteiger partial charge in [-0.3, -0.25) is 14.4 Å². The zero-order valence-electron chi connectivity index (χ0n) is 25.4. The van der Waals surface area contributed by atoms with Crippen molar-refractivity contribution in [1.29, 1.82) is 0 Å². The van der Waals surface area contributed by atoms with Gasteiger partial charge in [0.05, 0.1) is 17.9 Å². The number of ether oxygens (including phenoxy) is 1. The summed E-state index contributed by atoms with van der Waals surface area (Å²) in [5, 5.41) is 6.99. The molecule has 8 atom stereocenters. The maximum atomic E-state index is 14.3. The Morgan fingerprint density at radius 3 is 2.47 bits per heavy atom. The first kappa shape index (κ1) is 29.9. The first-order chi connectivity index (χ1) is 20.6. The average molecular weight is 604 g/mol. The highest BCUT2D eigenvalue weighted by atomic mass is 35.5. The van der Waals surface area contributed by atoms with Gasteiger partial charge in [0.2, 0.25) is 17.7 Å². The molecule has 3 amide bonds. The third-order valence-corrected chi connectivity index (χ3v) is 10.6. The van der Waals surface area contributed by atoms with E-state index in [1.807, 2.05) is 60.7 Å². The highest BCUT2D eigenvalue weighted by Crippen LogP contribution is 2.55. The van der Waals surface area contributed by atoms with Gasteiger partial charge in [-0.1, -0.05) is 88.6 Å². The van der Waals surface area contributed by atoms with E-state index in [4.69, 9.17) is 16.3 Å². The molecular weight excluding hydrogens is 562 g/mol. The molecule has 6 rings (SSSR count). The number of amides is 3. The van der Waals surface area contributed by atoms with E-state index < -0.39 is 29.6 Å². The van der Waals surface area contributed by atoms with Crippen LogP contribution >= 0.6 is 11.6 Å². The lowest BCUT2D eigenvalue weighted by molar-refractivity contribution is -0.141. The number of rotatable bonds is 8. The van der Waals surface area contributed by atoms with Gasteiger partial charge < -0.3 is 20.3 Å². The summed E-state index contributed by atoms with van der Waals surface area (Å²) in [6.07, 6.45) is 6.86. The fraction of sp³-hybridized carbons (Fsp3) is 0.514. The molecule has 1 aliphatic carbocycles. The predicted octanol–water partition coefficient (Wildman–Crippen LogP) is 5.74. The number of halogens is 1. The van der Waals surface area contributed by atoms with Crippen LogP contribution in [0.1, 0.15) is 64.0 Å². The van der Waals surface area contributed by atoms with Crippen LogP contribution in [0.2, 0.25) is 5.02 Å². The molecular formula is C35H42ClN3O4. The van der Waals surface area contributed by atoms with Gasteiger partial charge in [0.25, 0.3) is 0 Å². The second kappa shape index (κ2) is 11.7. The van der Waals surface area contributed by atoms with E-state index in [9.17, 15) is 14.4 Å². The fourth-order valence-corrected chi connectivity index (χ4v) is 7.76. The summed E-state index contributed by atoms with van der Waals surface area (Å²) in [6.45, 7) is 9.01. The lowest BCUT2D eigenvalue weighted by atomic mass is 9.73. The highest BCUT2D eigenvalue weighted by molar-refractivity contribution is 6.30. The third-order valence-electron chi connectivity index (χ3n) is 10.4. The summed E-state index contributed by atoms with van der Waals surface area (Å²) in [6, 6.07) is 14.5. The molecule has 43 heavy (non-hydrogen) atoms. The largest absolute Gasteiger partial charge is 0.359 e. The van der Waals surface area contributed by atoms with Crippen LogP contribution in [0.5, 0.6) is 0 Å². The highest BCUT2D eigenvalue weighted by Gasteiger charge is 2.72. The van der Waals surface area contributed by atoms with Gasteiger partial charge in [-0.25, -0.2) is 0 Å². The van der Waals surface area contributed by atoms with Gasteiger partial charge in [0.15, 0.2) is 0 Å². The molecule has 8 unspecified atom stereocenters. The Morgan fingerprint density at radius 2 is 1.77 bits per heavy atom. The van der Waals surface area contributed by atoms with E-state index in [1.165, 1.54) is 5.56 Å². The normalized spacial score (nSPS) is 32.7. The minimum atomic E-state index is -1.18. The van der Waals surface area contributed by atoms with Crippen LogP contribution in [0.15, 0.2) is 60.7 Å². The monoisotopic (exact) mass is 603 g/mol. The first-order valence-electron chi connectivity index (χ1n) is 15.7. The summed E-state index contributed by atoms with van der Waals surface area (Å²) < 4.78 is 6.53. The molecule has 2 saturated heterocycles. The number of benzene rings is 2. The molecule has 2 bridgehead atoms.